The maximum Gasteiger partial charge on any atom is 0.328 e. The van der Waals surface area contributed by atoms with Gasteiger partial charge in [0.15, 0.2) is 0 Å². The second kappa shape index (κ2) is 8.61. The molecule has 0 saturated heterocycles. The molecule has 26 heavy (non-hydrogen) atoms. The standard InChI is InChI=1S/C18H20N2O6/c1-18(2,3)11-8-12(19-14(21)4-6-16(23)24)10-13(9-11)20-15(22)5-7-17(25)26/h4-10H,1-3H3,(H,19,21)(H,20,22)(H,23,24)(H,25,26)/b6-4-,7-5-. The highest BCUT2D eigenvalue weighted by molar-refractivity contribution is 6.04. The molecule has 0 radical (unpaired) electrons. The topological polar surface area (TPSA) is 133 Å². The number of carboxylic acid groups (broad SMARTS) is 2. The van der Waals surface area contributed by atoms with Crippen molar-refractivity contribution in [1.29, 1.82) is 0 Å². The van der Waals surface area contributed by atoms with E-state index >= 15 is 0 Å². The predicted molar refractivity (Wildman–Crippen MR) is 96.0 cm³/mol. The Morgan fingerprint density at radius 3 is 1.46 bits per heavy atom. The van der Waals surface area contributed by atoms with Crippen LogP contribution in [0.25, 0.3) is 0 Å². The number of aliphatic carboxylic acids is 2. The van der Waals surface area contributed by atoms with Gasteiger partial charge in [-0.1, -0.05) is 20.8 Å². The van der Waals surface area contributed by atoms with Gasteiger partial charge in [0, 0.05) is 35.7 Å². The summed E-state index contributed by atoms with van der Waals surface area (Å²) < 4.78 is 0. The van der Waals surface area contributed by atoms with Gasteiger partial charge in [0.05, 0.1) is 0 Å². The Bertz CT molecular complexity index is 731. The number of amides is 2. The number of nitrogens with one attached hydrogen (secondary N) is 2. The quantitative estimate of drug-likeness (QED) is 0.575. The molecule has 0 aliphatic heterocycles. The Balaban J connectivity index is 3.11. The third kappa shape index (κ3) is 7.43. The Hall–Kier alpha value is -3.42. The van der Waals surface area contributed by atoms with Crippen molar-refractivity contribution >= 4 is 35.1 Å². The molecule has 8 nitrogen and oxygen atoms in total. The normalized spacial score (nSPS) is 11.5. The van der Waals surface area contributed by atoms with Gasteiger partial charge in [-0.05, 0) is 29.2 Å². The van der Waals surface area contributed by atoms with E-state index in [2.05, 4.69) is 10.6 Å². The van der Waals surface area contributed by atoms with Crippen LogP contribution in [0.4, 0.5) is 11.4 Å². The van der Waals surface area contributed by atoms with Crippen LogP contribution in [0, 0.1) is 0 Å². The molecular weight excluding hydrogens is 340 g/mol. The Labute approximate surface area is 150 Å². The third-order valence-electron chi connectivity index (χ3n) is 3.09. The molecule has 1 aromatic rings. The molecule has 0 aromatic heterocycles. The molecule has 0 aliphatic carbocycles. The van der Waals surface area contributed by atoms with Gasteiger partial charge >= 0.3 is 11.9 Å². The van der Waals surface area contributed by atoms with Crippen LogP contribution < -0.4 is 10.6 Å². The zero-order valence-corrected chi connectivity index (χ0v) is 14.6. The van der Waals surface area contributed by atoms with Crippen LogP contribution in [-0.2, 0) is 24.6 Å². The minimum atomic E-state index is -1.25. The number of anilines is 2. The molecule has 0 fully saturated rings. The van der Waals surface area contributed by atoms with Crippen molar-refractivity contribution in [1.82, 2.24) is 0 Å². The fourth-order valence-electron chi connectivity index (χ4n) is 1.87. The van der Waals surface area contributed by atoms with Crippen LogP contribution in [0.15, 0.2) is 42.5 Å². The van der Waals surface area contributed by atoms with Crippen molar-refractivity contribution in [3.05, 3.63) is 48.1 Å². The van der Waals surface area contributed by atoms with Crippen molar-refractivity contribution < 1.29 is 29.4 Å². The van der Waals surface area contributed by atoms with Crippen LogP contribution in [0.2, 0.25) is 0 Å². The molecule has 4 N–H and O–H groups in total. The minimum absolute atomic E-state index is 0.298. The van der Waals surface area contributed by atoms with Gasteiger partial charge in [0.25, 0.3) is 0 Å². The Morgan fingerprint density at radius 1 is 0.769 bits per heavy atom. The molecule has 0 bridgehead atoms. The van der Waals surface area contributed by atoms with Crippen LogP contribution in [0.3, 0.4) is 0 Å². The van der Waals surface area contributed by atoms with E-state index in [0.717, 1.165) is 17.7 Å². The number of rotatable bonds is 6. The average Bonchev–Trinajstić information content (AvgIpc) is 2.50. The molecule has 1 rings (SSSR count). The summed E-state index contributed by atoms with van der Waals surface area (Å²) in [5, 5.41) is 22.1. The van der Waals surface area contributed by atoms with E-state index in [0.29, 0.717) is 23.5 Å². The molecule has 0 aliphatic rings. The second-order valence-electron chi connectivity index (χ2n) is 6.37. The minimum Gasteiger partial charge on any atom is -0.478 e. The van der Waals surface area contributed by atoms with Gasteiger partial charge < -0.3 is 20.8 Å². The monoisotopic (exact) mass is 360 g/mol. The average molecular weight is 360 g/mol. The SMILES string of the molecule is CC(C)(C)c1cc(NC(=O)/C=C\C(=O)O)cc(NC(=O)/C=C\C(=O)O)c1. The molecule has 2 amide bonds. The first-order valence-corrected chi connectivity index (χ1v) is 7.57. The van der Waals surface area contributed by atoms with Crippen LogP contribution in [0.1, 0.15) is 26.3 Å². The summed E-state index contributed by atoms with van der Waals surface area (Å²) in [5.74, 6) is -3.77. The van der Waals surface area contributed by atoms with Gasteiger partial charge in [-0.3, -0.25) is 9.59 Å². The number of benzene rings is 1. The Kier molecular flexibility index (Phi) is 6.83. The molecule has 0 saturated carbocycles. The zero-order chi connectivity index (χ0) is 19.9. The number of hydrogen-bond donors (Lipinski definition) is 4. The van der Waals surface area contributed by atoms with Crippen molar-refractivity contribution in [2.75, 3.05) is 10.6 Å². The van der Waals surface area contributed by atoms with E-state index in [1.807, 2.05) is 20.8 Å². The number of carbonyl (C=O) groups is 4. The smallest absolute Gasteiger partial charge is 0.328 e. The zero-order valence-electron chi connectivity index (χ0n) is 14.6. The summed E-state index contributed by atoms with van der Waals surface area (Å²) in [6.45, 7) is 5.82. The lowest BCUT2D eigenvalue weighted by Gasteiger charge is -2.21. The van der Waals surface area contributed by atoms with Gasteiger partial charge in [0.2, 0.25) is 11.8 Å². The lowest BCUT2D eigenvalue weighted by molar-refractivity contribution is -0.132. The van der Waals surface area contributed by atoms with E-state index in [9.17, 15) is 19.2 Å². The molecular formula is C18H20N2O6. The molecule has 138 valence electrons. The van der Waals surface area contributed by atoms with Crippen molar-refractivity contribution in [2.24, 2.45) is 0 Å². The highest BCUT2D eigenvalue weighted by Crippen LogP contribution is 2.28. The van der Waals surface area contributed by atoms with Crippen LogP contribution in [0.5, 0.6) is 0 Å². The summed E-state index contributed by atoms with van der Waals surface area (Å²) in [6.07, 6.45) is 3.17. The summed E-state index contributed by atoms with van der Waals surface area (Å²) in [5.41, 5.74) is 1.22. The van der Waals surface area contributed by atoms with Crippen molar-refractivity contribution in [3.63, 3.8) is 0 Å². The summed E-state index contributed by atoms with van der Waals surface area (Å²) in [4.78, 5) is 44.5. The molecule has 0 unspecified atom stereocenters. The van der Waals surface area contributed by atoms with E-state index in [4.69, 9.17) is 10.2 Å². The van der Waals surface area contributed by atoms with E-state index in [-0.39, 0.29) is 5.41 Å². The first-order chi connectivity index (χ1) is 12.0. The first-order valence-electron chi connectivity index (χ1n) is 7.57. The molecule has 0 spiro atoms. The second-order valence-corrected chi connectivity index (χ2v) is 6.37. The van der Waals surface area contributed by atoms with E-state index in [1.54, 1.807) is 12.1 Å². The predicted octanol–water partition coefficient (Wildman–Crippen LogP) is 2.14. The number of hydrogen-bond acceptors (Lipinski definition) is 4. The summed E-state index contributed by atoms with van der Waals surface area (Å²) in [6, 6.07) is 4.89. The van der Waals surface area contributed by atoms with Gasteiger partial charge in [0.1, 0.15) is 0 Å². The maximum atomic E-state index is 11.8. The fourth-order valence-corrected chi connectivity index (χ4v) is 1.87. The highest BCUT2D eigenvalue weighted by Gasteiger charge is 2.16. The lowest BCUT2D eigenvalue weighted by atomic mass is 9.86. The van der Waals surface area contributed by atoms with Crippen LogP contribution >= 0.6 is 0 Å². The maximum absolute atomic E-state index is 11.8. The summed E-state index contributed by atoms with van der Waals surface area (Å²) in [7, 11) is 0. The van der Waals surface area contributed by atoms with Crippen molar-refractivity contribution in [3.8, 4) is 0 Å². The number of carboxylic acids is 2. The molecule has 0 heterocycles. The van der Waals surface area contributed by atoms with E-state index in [1.165, 1.54) is 6.07 Å². The largest absolute Gasteiger partial charge is 0.478 e. The fraction of sp³-hybridized carbons (Fsp3) is 0.222. The van der Waals surface area contributed by atoms with Crippen molar-refractivity contribution in [2.45, 2.75) is 26.2 Å². The highest BCUT2D eigenvalue weighted by atomic mass is 16.4. The van der Waals surface area contributed by atoms with Gasteiger partial charge in [-0.25, -0.2) is 9.59 Å². The summed E-state index contributed by atoms with van der Waals surface area (Å²) >= 11 is 0. The van der Waals surface area contributed by atoms with Gasteiger partial charge in [-0.2, -0.15) is 0 Å². The molecule has 8 heteroatoms. The van der Waals surface area contributed by atoms with Gasteiger partial charge in [-0.15, -0.1) is 0 Å². The molecule has 0 atom stereocenters. The van der Waals surface area contributed by atoms with Crippen LogP contribution in [-0.4, -0.2) is 34.0 Å². The van der Waals surface area contributed by atoms with E-state index < -0.39 is 23.8 Å². The third-order valence-corrected chi connectivity index (χ3v) is 3.09. The molecule has 1 aromatic carbocycles. The first kappa shape index (κ1) is 20.6. The lowest BCUT2D eigenvalue weighted by Crippen LogP contribution is -2.16. The Morgan fingerprint density at radius 2 is 1.15 bits per heavy atom. The number of carbonyl (C=O) groups excluding carboxylic acids is 2.